The second-order valence-corrected chi connectivity index (χ2v) is 5.82. The molecule has 2 amide bonds. The van der Waals surface area contributed by atoms with Crippen LogP contribution in [0.3, 0.4) is 0 Å². The summed E-state index contributed by atoms with van der Waals surface area (Å²) in [5.74, 6) is 0.272. The molecular formula is C17H25N3O2. The molecule has 0 aliphatic carbocycles. The van der Waals surface area contributed by atoms with Crippen molar-refractivity contribution in [3.8, 4) is 0 Å². The summed E-state index contributed by atoms with van der Waals surface area (Å²) in [6, 6.07) is 9.88. The Morgan fingerprint density at radius 2 is 2.00 bits per heavy atom. The van der Waals surface area contributed by atoms with Crippen molar-refractivity contribution in [2.24, 2.45) is 11.8 Å². The number of likely N-dealkylation sites (N-methyl/N-ethyl adjacent to an activating group) is 1. The molecular weight excluding hydrogens is 278 g/mol. The van der Waals surface area contributed by atoms with Gasteiger partial charge in [0.05, 0.1) is 6.54 Å². The van der Waals surface area contributed by atoms with E-state index in [1.807, 2.05) is 44.2 Å². The third-order valence-electron chi connectivity index (χ3n) is 4.30. The van der Waals surface area contributed by atoms with Crippen LogP contribution in [0.25, 0.3) is 0 Å². The first-order valence-corrected chi connectivity index (χ1v) is 7.92. The fourth-order valence-electron chi connectivity index (χ4n) is 2.49. The van der Waals surface area contributed by atoms with E-state index in [-0.39, 0.29) is 24.3 Å². The molecule has 0 aromatic heterocycles. The van der Waals surface area contributed by atoms with Crippen molar-refractivity contribution in [2.75, 3.05) is 26.2 Å². The van der Waals surface area contributed by atoms with E-state index in [2.05, 4.69) is 10.6 Å². The lowest BCUT2D eigenvalue weighted by atomic mass is 9.88. The van der Waals surface area contributed by atoms with E-state index in [1.54, 1.807) is 4.90 Å². The quantitative estimate of drug-likeness (QED) is 0.790. The molecule has 1 atom stereocenters. The van der Waals surface area contributed by atoms with E-state index in [4.69, 9.17) is 0 Å². The van der Waals surface area contributed by atoms with Gasteiger partial charge < -0.3 is 15.5 Å². The fourth-order valence-corrected chi connectivity index (χ4v) is 2.49. The molecule has 0 spiro atoms. The molecule has 5 nitrogen and oxygen atoms in total. The number of amides is 2. The summed E-state index contributed by atoms with van der Waals surface area (Å²) in [5, 5.41) is 5.94. The molecule has 0 saturated carbocycles. The Bertz CT molecular complexity index is 500. The largest absolute Gasteiger partial charge is 0.347 e. The average molecular weight is 303 g/mol. The molecule has 1 heterocycles. The van der Waals surface area contributed by atoms with Crippen molar-refractivity contribution < 1.29 is 9.59 Å². The highest BCUT2D eigenvalue weighted by Gasteiger charge is 2.28. The lowest BCUT2D eigenvalue weighted by molar-refractivity contribution is -0.134. The molecule has 1 aliphatic rings. The van der Waals surface area contributed by atoms with E-state index in [0.29, 0.717) is 19.0 Å². The van der Waals surface area contributed by atoms with Crippen LogP contribution in [-0.2, 0) is 16.1 Å². The van der Waals surface area contributed by atoms with Crippen molar-refractivity contribution in [3.63, 3.8) is 0 Å². The van der Waals surface area contributed by atoms with Crippen LogP contribution in [0, 0.1) is 11.8 Å². The molecule has 5 heteroatoms. The van der Waals surface area contributed by atoms with Crippen LogP contribution >= 0.6 is 0 Å². The number of carbonyl (C=O) groups is 2. The van der Waals surface area contributed by atoms with Gasteiger partial charge in [-0.05, 0) is 31.5 Å². The molecule has 22 heavy (non-hydrogen) atoms. The highest BCUT2D eigenvalue weighted by molar-refractivity contribution is 5.85. The topological polar surface area (TPSA) is 61.4 Å². The zero-order chi connectivity index (χ0) is 15.9. The summed E-state index contributed by atoms with van der Waals surface area (Å²) in [6.45, 7) is 6.93. The number of hydrogen-bond donors (Lipinski definition) is 2. The first kappa shape index (κ1) is 16.5. The molecule has 1 aliphatic heterocycles. The first-order chi connectivity index (χ1) is 10.6. The van der Waals surface area contributed by atoms with Crippen LogP contribution in [0.4, 0.5) is 0 Å². The molecule has 120 valence electrons. The maximum Gasteiger partial charge on any atom is 0.242 e. The molecule has 1 aromatic carbocycles. The highest BCUT2D eigenvalue weighted by atomic mass is 16.2. The Morgan fingerprint density at radius 1 is 1.32 bits per heavy atom. The van der Waals surface area contributed by atoms with Crippen LogP contribution in [0.15, 0.2) is 30.3 Å². The standard InChI is InChI=1S/C17H25N3O2/c1-3-20(12-14-7-5-4-6-8-14)16(21)11-19-17(22)13(2)15-9-18-10-15/h4-8,13,15,18H,3,9-12H2,1-2H3,(H,19,22). The van der Waals surface area contributed by atoms with Gasteiger partial charge in [0.25, 0.3) is 0 Å². The smallest absolute Gasteiger partial charge is 0.242 e. The van der Waals surface area contributed by atoms with E-state index < -0.39 is 0 Å². The molecule has 0 bridgehead atoms. The summed E-state index contributed by atoms with van der Waals surface area (Å²) in [6.07, 6.45) is 0. The average Bonchev–Trinajstić information content (AvgIpc) is 2.49. The zero-order valence-corrected chi connectivity index (χ0v) is 13.3. The Kier molecular flexibility index (Phi) is 5.95. The van der Waals surface area contributed by atoms with Crippen LogP contribution in [0.5, 0.6) is 0 Å². The van der Waals surface area contributed by atoms with E-state index in [0.717, 1.165) is 18.7 Å². The number of nitrogens with zero attached hydrogens (tertiary/aromatic N) is 1. The lowest BCUT2D eigenvalue weighted by Crippen LogP contribution is -2.50. The predicted molar refractivity (Wildman–Crippen MR) is 86.1 cm³/mol. The predicted octanol–water partition coefficient (Wildman–Crippen LogP) is 1.01. The van der Waals surface area contributed by atoms with Gasteiger partial charge in [-0.25, -0.2) is 0 Å². The molecule has 1 unspecified atom stereocenters. The summed E-state index contributed by atoms with van der Waals surface area (Å²) in [4.78, 5) is 26.1. The van der Waals surface area contributed by atoms with Gasteiger partial charge in [-0.15, -0.1) is 0 Å². The molecule has 2 rings (SSSR count). The molecule has 2 N–H and O–H groups in total. The molecule has 1 fully saturated rings. The van der Waals surface area contributed by atoms with Crippen molar-refractivity contribution in [1.82, 2.24) is 15.5 Å². The number of nitrogens with one attached hydrogen (secondary N) is 2. The van der Waals surface area contributed by atoms with Crippen LogP contribution in [0.1, 0.15) is 19.4 Å². The van der Waals surface area contributed by atoms with E-state index in [9.17, 15) is 9.59 Å². The SMILES string of the molecule is CCN(Cc1ccccc1)C(=O)CNC(=O)C(C)C1CNC1. The minimum absolute atomic E-state index is 0.0318. The Balaban J connectivity index is 1.80. The maximum atomic E-state index is 12.3. The van der Waals surface area contributed by atoms with Crippen molar-refractivity contribution in [3.05, 3.63) is 35.9 Å². The van der Waals surface area contributed by atoms with Crippen LogP contribution in [0.2, 0.25) is 0 Å². The second kappa shape index (κ2) is 7.94. The number of benzene rings is 1. The van der Waals surface area contributed by atoms with Gasteiger partial charge in [0.2, 0.25) is 11.8 Å². The van der Waals surface area contributed by atoms with Gasteiger partial charge in [-0.1, -0.05) is 37.3 Å². The summed E-state index contributed by atoms with van der Waals surface area (Å²) in [5.41, 5.74) is 1.10. The Morgan fingerprint density at radius 3 is 2.55 bits per heavy atom. The molecule has 1 saturated heterocycles. The Labute approximate surface area is 132 Å². The summed E-state index contributed by atoms with van der Waals surface area (Å²) in [7, 11) is 0. The zero-order valence-electron chi connectivity index (χ0n) is 13.3. The van der Waals surface area contributed by atoms with Crippen LogP contribution < -0.4 is 10.6 Å². The van der Waals surface area contributed by atoms with Gasteiger partial charge >= 0.3 is 0 Å². The third-order valence-corrected chi connectivity index (χ3v) is 4.30. The minimum atomic E-state index is -0.0433. The second-order valence-electron chi connectivity index (χ2n) is 5.82. The lowest BCUT2D eigenvalue weighted by Gasteiger charge is -2.31. The van der Waals surface area contributed by atoms with Gasteiger partial charge in [0.1, 0.15) is 0 Å². The monoisotopic (exact) mass is 303 g/mol. The number of rotatable bonds is 7. The summed E-state index contributed by atoms with van der Waals surface area (Å²) < 4.78 is 0. The molecule has 1 aromatic rings. The maximum absolute atomic E-state index is 12.3. The van der Waals surface area contributed by atoms with Gasteiger partial charge in [0, 0.05) is 19.0 Å². The summed E-state index contributed by atoms with van der Waals surface area (Å²) >= 11 is 0. The van der Waals surface area contributed by atoms with Crippen molar-refractivity contribution >= 4 is 11.8 Å². The van der Waals surface area contributed by atoms with Crippen LogP contribution in [-0.4, -0.2) is 42.9 Å². The fraction of sp³-hybridized carbons (Fsp3) is 0.529. The minimum Gasteiger partial charge on any atom is -0.347 e. The van der Waals surface area contributed by atoms with Gasteiger partial charge in [0.15, 0.2) is 0 Å². The van der Waals surface area contributed by atoms with Gasteiger partial charge in [-0.2, -0.15) is 0 Å². The Hall–Kier alpha value is -1.88. The van der Waals surface area contributed by atoms with Gasteiger partial charge in [-0.3, -0.25) is 9.59 Å². The first-order valence-electron chi connectivity index (χ1n) is 7.92. The van der Waals surface area contributed by atoms with Crippen molar-refractivity contribution in [2.45, 2.75) is 20.4 Å². The van der Waals surface area contributed by atoms with E-state index in [1.165, 1.54) is 0 Å². The normalized spacial score (nSPS) is 15.7. The van der Waals surface area contributed by atoms with E-state index >= 15 is 0 Å². The molecule has 0 radical (unpaired) electrons. The third kappa shape index (κ3) is 4.31. The highest BCUT2D eigenvalue weighted by Crippen LogP contribution is 2.15. The van der Waals surface area contributed by atoms with Crippen molar-refractivity contribution in [1.29, 1.82) is 0 Å². The number of hydrogen-bond acceptors (Lipinski definition) is 3. The number of carbonyl (C=O) groups excluding carboxylic acids is 2.